The van der Waals surface area contributed by atoms with Gasteiger partial charge in [-0.1, -0.05) is 77.9 Å². The first kappa shape index (κ1) is 49.8. The first-order valence-corrected chi connectivity index (χ1v) is 24.3. The second kappa shape index (κ2) is 19.7. The number of benzene rings is 6. The average Bonchev–Trinajstić information content (AvgIpc) is 3.27. The number of aliphatic hydroxyl groups is 2. The number of ether oxygens (including phenoxy) is 2. The molecule has 0 fully saturated rings. The van der Waals surface area contributed by atoms with Gasteiger partial charge >= 0.3 is 0 Å². The maximum atomic E-state index is 12.6. The molecule has 0 unspecified atom stereocenters. The van der Waals surface area contributed by atoms with Gasteiger partial charge in [-0.15, -0.1) is 5.11 Å². The van der Waals surface area contributed by atoms with Gasteiger partial charge in [-0.25, -0.2) is 4.99 Å². The highest BCUT2D eigenvalue weighted by Crippen LogP contribution is 2.47. The van der Waals surface area contributed by atoms with Crippen molar-refractivity contribution in [3.8, 4) is 28.7 Å². The molecule has 67 heavy (non-hydrogen) atoms. The minimum Gasteiger partial charge on any atom is -0.507 e. The van der Waals surface area contributed by atoms with Crippen molar-refractivity contribution >= 4 is 70.6 Å². The van der Waals surface area contributed by atoms with Crippen LogP contribution in [-0.2, 0) is 31.1 Å². The van der Waals surface area contributed by atoms with Gasteiger partial charge in [-0.2, -0.15) is 21.9 Å². The molecule has 6 aromatic carbocycles. The van der Waals surface area contributed by atoms with E-state index in [-0.39, 0.29) is 62.5 Å². The van der Waals surface area contributed by atoms with Crippen LogP contribution in [0.2, 0.25) is 0 Å². The van der Waals surface area contributed by atoms with Crippen LogP contribution in [0.15, 0.2) is 121 Å². The van der Waals surface area contributed by atoms with Crippen LogP contribution in [0.5, 0.6) is 28.7 Å². The first-order chi connectivity index (χ1) is 31.4. The zero-order valence-corrected chi connectivity index (χ0v) is 39.8. The van der Waals surface area contributed by atoms with Gasteiger partial charge in [-0.3, -0.25) is 14.1 Å². The Kier molecular flexibility index (Phi) is 14.7. The van der Waals surface area contributed by atoms with Gasteiger partial charge in [0, 0.05) is 35.9 Å². The molecule has 0 bridgehead atoms. The highest BCUT2D eigenvalue weighted by atomic mass is 32.2. The number of aliphatic imine (C=N–C) groups is 2. The van der Waals surface area contributed by atoms with Crippen molar-refractivity contribution in [2.24, 2.45) is 20.2 Å². The van der Waals surface area contributed by atoms with Gasteiger partial charge in [0.05, 0.1) is 28.1 Å². The SMILES string of the molecule is CCC(C)(C)c1ccc(OCCCCN=C(O)c2cc(Oc3ccc(N=Nc4c(S(=O)(=O)O)cc5cc(S(=O)(=O)O)cc(O)c5c4N=C(C)O)cc3)c3ccccc3c2O)c(C(C)(C)CC)c1. The van der Waals surface area contributed by atoms with Crippen molar-refractivity contribution in [2.75, 3.05) is 13.2 Å². The number of azo groups is 1. The molecule has 0 amide bonds. The summed E-state index contributed by atoms with van der Waals surface area (Å²) in [5.74, 6) is -0.523. The zero-order valence-electron chi connectivity index (χ0n) is 38.1. The molecule has 0 atom stereocenters. The summed E-state index contributed by atoms with van der Waals surface area (Å²) in [6.45, 7) is 15.2. The first-order valence-electron chi connectivity index (χ1n) is 21.4. The van der Waals surface area contributed by atoms with E-state index in [2.05, 4.69) is 80.0 Å². The third-order valence-corrected chi connectivity index (χ3v) is 13.5. The second-order valence-electron chi connectivity index (χ2n) is 17.3. The summed E-state index contributed by atoms with van der Waals surface area (Å²) in [4.78, 5) is 6.59. The quantitative estimate of drug-likeness (QED) is 0.0155. The molecule has 0 saturated carbocycles. The topological polar surface area (TPSA) is 258 Å². The summed E-state index contributed by atoms with van der Waals surface area (Å²) in [6.07, 6.45) is 3.24. The van der Waals surface area contributed by atoms with E-state index in [0.29, 0.717) is 36.3 Å². The van der Waals surface area contributed by atoms with Gasteiger partial charge < -0.3 is 29.9 Å². The number of hydrogen-bond donors (Lipinski definition) is 6. The van der Waals surface area contributed by atoms with E-state index in [1.54, 1.807) is 24.3 Å². The number of nitrogens with zero attached hydrogens (tertiary/aromatic N) is 4. The lowest BCUT2D eigenvalue weighted by molar-refractivity contribution is 0.297. The molecule has 6 rings (SSSR count). The molecule has 0 saturated heterocycles. The maximum Gasteiger partial charge on any atom is 0.296 e. The summed E-state index contributed by atoms with van der Waals surface area (Å²) < 4.78 is 81.1. The molecule has 0 aliphatic carbocycles. The smallest absolute Gasteiger partial charge is 0.296 e. The predicted molar refractivity (Wildman–Crippen MR) is 259 cm³/mol. The van der Waals surface area contributed by atoms with E-state index in [1.165, 1.54) is 41.5 Å². The molecule has 16 nitrogen and oxygen atoms in total. The van der Waals surface area contributed by atoms with E-state index in [1.807, 2.05) is 0 Å². The fourth-order valence-corrected chi connectivity index (χ4v) is 8.41. The lowest BCUT2D eigenvalue weighted by Gasteiger charge is -2.30. The normalized spacial score (nSPS) is 13.2. The molecule has 0 aromatic heterocycles. The van der Waals surface area contributed by atoms with E-state index >= 15 is 0 Å². The number of phenolic OH excluding ortho intramolecular Hbond substituents is 2. The molecule has 18 heteroatoms. The summed E-state index contributed by atoms with van der Waals surface area (Å²) in [7, 11) is -9.98. The number of aliphatic hydroxyl groups excluding tert-OH is 2. The van der Waals surface area contributed by atoms with Crippen LogP contribution in [0.4, 0.5) is 17.1 Å². The van der Waals surface area contributed by atoms with E-state index in [9.17, 15) is 46.4 Å². The summed E-state index contributed by atoms with van der Waals surface area (Å²) in [5.41, 5.74) is 1.52. The lowest BCUT2D eigenvalue weighted by Crippen LogP contribution is -2.21. The van der Waals surface area contributed by atoms with Crippen LogP contribution >= 0.6 is 0 Å². The van der Waals surface area contributed by atoms with Gasteiger partial charge in [-0.05, 0) is 96.0 Å². The van der Waals surface area contributed by atoms with Gasteiger partial charge in [0.25, 0.3) is 20.2 Å². The molecular formula is C49H54N4O12S2. The minimum atomic E-state index is -5.12. The van der Waals surface area contributed by atoms with Gasteiger partial charge in [0.1, 0.15) is 45.0 Å². The van der Waals surface area contributed by atoms with Crippen molar-refractivity contribution in [3.63, 3.8) is 0 Å². The van der Waals surface area contributed by atoms with Crippen LogP contribution < -0.4 is 9.47 Å². The molecule has 354 valence electrons. The Labute approximate surface area is 389 Å². The van der Waals surface area contributed by atoms with E-state index in [4.69, 9.17) is 9.47 Å². The van der Waals surface area contributed by atoms with Gasteiger partial charge in [0.15, 0.2) is 5.90 Å². The average molecular weight is 955 g/mol. The van der Waals surface area contributed by atoms with Crippen molar-refractivity contribution in [2.45, 2.75) is 94.8 Å². The van der Waals surface area contributed by atoms with Crippen molar-refractivity contribution in [3.05, 3.63) is 108 Å². The van der Waals surface area contributed by atoms with E-state index in [0.717, 1.165) is 37.6 Å². The van der Waals surface area contributed by atoms with Gasteiger partial charge in [0.2, 0.25) is 5.90 Å². The molecule has 0 spiro atoms. The molecule has 6 aromatic rings. The Morgan fingerprint density at radius 2 is 1.39 bits per heavy atom. The fourth-order valence-electron chi connectivity index (χ4n) is 7.21. The molecule has 6 N–H and O–H groups in total. The Morgan fingerprint density at radius 1 is 0.716 bits per heavy atom. The number of phenols is 2. The predicted octanol–water partition coefficient (Wildman–Crippen LogP) is 12.3. The van der Waals surface area contributed by atoms with E-state index < -0.39 is 53.0 Å². The fraction of sp³-hybridized carbons (Fsp3) is 0.306. The molecular weight excluding hydrogens is 901 g/mol. The second-order valence-corrected chi connectivity index (χ2v) is 20.1. The van der Waals surface area contributed by atoms with Crippen LogP contribution in [0.1, 0.15) is 90.8 Å². The highest BCUT2D eigenvalue weighted by molar-refractivity contribution is 7.86. The highest BCUT2D eigenvalue weighted by Gasteiger charge is 2.28. The molecule has 0 heterocycles. The summed E-state index contributed by atoms with van der Waals surface area (Å²) in [6, 6.07) is 23.2. The zero-order chi connectivity index (χ0) is 49.1. The number of fused-ring (bicyclic) bond motifs is 2. The summed E-state index contributed by atoms with van der Waals surface area (Å²) in [5, 5.41) is 51.7. The largest absolute Gasteiger partial charge is 0.507 e. The number of hydrogen-bond acceptors (Lipinski definition) is 12. The number of unbranched alkanes of at least 4 members (excludes halogenated alkanes) is 1. The Morgan fingerprint density at radius 3 is 2.01 bits per heavy atom. The van der Waals surface area contributed by atoms with Crippen molar-refractivity contribution < 1.29 is 55.8 Å². The van der Waals surface area contributed by atoms with Crippen molar-refractivity contribution in [1.82, 2.24) is 0 Å². The third-order valence-electron chi connectivity index (χ3n) is 11.8. The Bertz CT molecular complexity index is 3160. The Hall–Kier alpha value is -6.60. The van der Waals surface area contributed by atoms with Crippen LogP contribution in [0, 0.1) is 0 Å². The number of aromatic hydroxyl groups is 2. The van der Waals surface area contributed by atoms with Crippen molar-refractivity contribution in [1.29, 1.82) is 0 Å². The molecule has 0 aliphatic rings. The van der Waals surface area contributed by atoms with Crippen LogP contribution in [0.25, 0.3) is 21.5 Å². The minimum absolute atomic E-state index is 0.0428. The van der Waals surface area contributed by atoms with Crippen LogP contribution in [0.3, 0.4) is 0 Å². The standard InChI is InChI=1S/C49H54N4O12S2/c1-8-48(4,5)31-16-21-40(38(26-31)49(6,7)9-2)64-23-13-12-22-50-47(57)37-28-41(35-14-10-11-15-36(35)46(37)56)65-33-19-17-32(18-20-33)52-53-44-42(67(61,62)63)25-30-24-34(66(58,59)60)27-39(55)43(30)45(44)51-29(3)54/h10-11,14-21,24-28,55-56H,8-9,12-13,22-23H2,1-7H3,(H,50,57)(H,51,54)(H,58,59,60)(H,61,62,63). The van der Waals surface area contributed by atoms with Crippen LogP contribution in [-0.4, -0.2) is 71.3 Å². The summed E-state index contributed by atoms with van der Waals surface area (Å²) >= 11 is 0. The third kappa shape index (κ3) is 11.3. The number of rotatable bonds is 18. The molecule has 0 radical (unpaired) electrons. The lowest BCUT2D eigenvalue weighted by atomic mass is 9.76. The molecule has 0 aliphatic heterocycles. The maximum absolute atomic E-state index is 12.6. The monoisotopic (exact) mass is 954 g/mol. The Balaban J connectivity index is 1.21.